The third-order valence-corrected chi connectivity index (χ3v) is 6.95. The molecule has 6 heteroatoms. The molecule has 2 aromatic carbocycles. The number of morpholine rings is 1. The van der Waals surface area contributed by atoms with E-state index in [-0.39, 0.29) is 18.0 Å². The van der Waals surface area contributed by atoms with E-state index >= 15 is 0 Å². The Morgan fingerprint density at radius 3 is 2.32 bits per heavy atom. The molecule has 1 amide bonds. The highest BCUT2D eigenvalue weighted by atomic mass is 16.5. The third kappa shape index (κ3) is 4.79. The number of carbonyl (C=O) groups is 1. The van der Waals surface area contributed by atoms with E-state index in [1.807, 2.05) is 4.90 Å². The van der Waals surface area contributed by atoms with Gasteiger partial charge in [0, 0.05) is 36.9 Å². The van der Waals surface area contributed by atoms with Gasteiger partial charge in [-0.15, -0.1) is 0 Å². The summed E-state index contributed by atoms with van der Waals surface area (Å²) in [6, 6.07) is 21.6. The third-order valence-electron chi connectivity index (χ3n) is 6.95. The lowest BCUT2D eigenvalue weighted by atomic mass is 9.89. The maximum absolute atomic E-state index is 13.4. The van der Waals surface area contributed by atoms with Gasteiger partial charge < -0.3 is 15.0 Å². The molecule has 3 aromatic rings. The van der Waals surface area contributed by atoms with Crippen LogP contribution in [0.25, 0.3) is 0 Å². The second kappa shape index (κ2) is 10.5. The lowest BCUT2D eigenvalue weighted by Gasteiger charge is -2.30. The van der Waals surface area contributed by atoms with Crippen LogP contribution in [0, 0.1) is 0 Å². The minimum Gasteiger partial charge on any atom is -0.378 e. The zero-order valence-corrected chi connectivity index (χ0v) is 20.0. The van der Waals surface area contributed by atoms with Gasteiger partial charge >= 0.3 is 0 Å². The average Bonchev–Trinajstić information content (AvgIpc) is 3.26. The molecule has 5 rings (SSSR count). The van der Waals surface area contributed by atoms with Crippen molar-refractivity contribution in [2.45, 2.75) is 51.2 Å². The van der Waals surface area contributed by atoms with Crippen molar-refractivity contribution in [3.05, 3.63) is 88.7 Å². The fraction of sp³-hybridized carbons (Fsp3) is 0.429. The summed E-state index contributed by atoms with van der Waals surface area (Å²) in [4.78, 5) is 15.3. The van der Waals surface area contributed by atoms with Crippen LogP contribution in [0.1, 0.15) is 58.7 Å². The van der Waals surface area contributed by atoms with Gasteiger partial charge in [0.15, 0.2) is 5.69 Å². The van der Waals surface area contributed by atoms with E-state index in [0.717, 1.165) is 37.8 Å². The van der Waals surface area contributed by atoms with Crippen LogP contribution < -0.4 is 5.32 Å². The second-order valence-corrected chi connectivity index (χ2v) is 9.26. The summed E-state index contributed by atoms with van der Waals surface area (Å²) in [6.45, 7) is 5.50. The summed E-state index contributed by atoms with van der Waals surface area (Å²) in [6.07, 6.45) is 3.79. The number of aromatic nitrogens is 2. The van der Waals surface area contributed by atoms with Crippen molar-refractivity contribution >= 4 is 5.91 Å². The standard InChI is InChI=1S/C28H34N4O2/c1-2-15-32-25-14-13-23(20-24(25)27(30-32)28(33)31-16-18-34-19-17-31)29-26(21-9-5-3-6-10-21)22-11-7-4-8-12-22/h3-12,23,26,29H,2,13-20H2,1H3. The van der Waals surface area contributed by atoms with E-state index in [2.05, 4.69) is 77.6 Å². The second-order valence-electron chi connectivity index (χ2n) is 9.26. The molecule has 1 fully saturated rings. The van der Waals surface area contributed by atoms with Crippen LogP contribution in [0.3, 0.4) is 0 Å². The molecule has 1 N–H and O–H groups in total. The molecule has 1 aromatic heterocycles. The SMILES string of the molecule is CCCn1nc(C(=O)N2CCOCC2)c2c1CCC(NC(c1ccccc1)c1ccccc1)C2. The minimum atomic E-state index is 0.0534. The van der Waals surface area contributed by atoms with E-state index in [1.165, 1.54) is 16.8 Å². The molecule has 1 aliphatic heterocycles. The van der Waals surface area contributed by atoms with Gasteiger partial charge in [0.2, 0.25) is 0 Å². The Kier molecular flexibility index (Phi) is 7.07. The highest BCUT2D eigenvalue weighted by molar-refractivity contribution is 5.94. The lowest BCUT2D eigenvalue weighted by molar-refractivity contribution is 0.0297. The van der Waals surface area contributed by atoms with Crippen molar-refractivity contribution in [3.63, 3.8) is 0 Å². The van der Waals surface area contributed by atoms with Crippen molar-refractivity contribution in [3.8, 4) is 0 Å². The number of nitrogens with one attached hydrogen (secondary N) is 1. The number of amides is 1. The predicted molar refractivity (Wildman–Crippen MR) is 133 cm³/mol. The summed E-state index contributed by atoms with van der Waals surface area (Å²) >= 11 is 0. The molecule has 178 valence electrons. The summed E-state index contributed by atoms with van der Waals surface area (Å²) in [5, 5.41) is 8.78. The van der Waals surface area contributed by atoms with Gasteiger partial charge in [0.1, 0.15) is 0 Å². The molecule has 2 heterocycles. The van der Waals surface area contributed by atoms with Crippen molar-refractivity contribution in [2.75, 3.05) is 26.3 Å². The number of ether oxygens (including phenoxy) is 1. The van der Waals surface area contributed by atoms with Gasteiger partial charge in [-0.25, -0.2) is 0 Å². The molecule has 0 radical (unpaired) electrons. The molecule has 1 unspecified atom stereocenters. The van der Waals surface area contributed by atoms with E-state index in [1.54, 1.807) is 0 Å². The van der Waals surface area contributed by atoms with Gasteiger partial charge in [-0.1, -0.05) is 67.6 Å². The largest absolute Gasteiger partial charge is 0.378 e. The predicted octanol–water partition coefficient (Wildman–Crippen LogP) is 4.00. The highest BCUT2D eigenvalue weighted by Gasteiger charge is 2.32. The number of aryl methyl sites for hydroxylation is 1. The van der Waals surface area contributed by atoms with Crippen LogP contribution >= 0.6 is 0 Å². The molecule has 0 bridgehead atoms. The maximum atomic E-state index is 13.4. The van der Waals surface area contributed by atoms with Crippen LogP contribution in [0.4, 0.5) is 0 Å². The van der Waals surface area contributed by atoms with Crippen molar-refractivity contribution in [1.82, 2.24) is 20.0 Å². The van der Waals surface area contributed by atoms with E-state index in [9.17, 15) is 4.79 Å². The molecular weight excluding hydrogens is 424 g/mol. The van der Waals surface area contributed by atoms with Gasteiger partial charge in [-0.3, -0.25) is 9.48 Å². The Morgan fingerprint density at radius 2 is 1.71 bits per heavy atom. The smallest absolute Gasteiger partial charge is 0.274 e. The first-order valence-electron chi connectivity index (χ1n) is 12.6. The quantitative estimate of drug-likeness (QED) is 0.581. The average molecular weight is 459 g/mol. The number of nitrogens with zero attached hydrogens (tertiary/aromatic N) is 3. The van der Waals surface area contributed by atoms with Crippen LogP contribution in [0.5, 0.6) is 0 Å². The first kappa shape index (κ1) is 22.8. The Labute approximate surface area is 201 Å². The highest BCUT2D eigenvalue weighted by Crippen LogP contribution is 2.30. The van der Waals surface area contributed by atoms with Gasteiger partial charge in [0.25, 0.3) is 5.91 Å². The topological polar surface area (TPSA) is 59.4 Å². The summed E-state index contributed by atoms with van der Waals surface area (Å²) in [7, 11) is 0. The molecule has 2 aliphatic rings. The lowest BCUT2D eigenvalue weighted by Crippen LogP contribution is -2.42. The summed E-state index contributed by atoms with van der Waals surface area (Å²) in [5.41, 5.74) is 5.53. The fourth-order valence-corrected chi connectivity index (χ4v) is 5.23. The number of hydrogen-bond donors (Lipinski definition) is 1. The van der Waals surface area contributed by atoms with Crippen LogP contribution in [-0.2, 0) is 24.1 Å². The van der Waals surface area contributed by atoms with Crippen molar-refractivity contribution in [1.29, 1.82) is 0 Å². The van der Waals surface area contributed by atoms with Crippen LogP contribution in [-0.4, -0.2) is 52.9 Å². The molecule has 6 nitrogen and oxygen atoms in total. The minimum absolute atomic E-state index is 0.0534. The Hall–Kier alpha value is -2.96. The molecule has 0 saturated carbocycles. The number of hydrogen-bond acceptors (Lipinski definition) is 4. The number of carbonyl (C=O) groups excluding carboxylic acids is 1. The molecular formula is C28H34N4O2. The first-order valence-corrected chi connectivity index (χ1v) is 12.6. The normalized spacial score (nSPS) is 18.2. The zero-order chi connectivity index (χ0) is 23.3. The van der Waals surface area contributed by atoms with E-state index in [4.69, 9.17) is 9.84 Å². The number of rotatable bonds is 7. The van der Waals surface area contributed by atoms with Crippen LogP contribution in [0.2, 0.25) is 0 Å². The Balaban J connectivity index is 1.42. The molecule has 1 saturated heterocycles. The van der Waals surface area contributed by atoms with Crippen molar-refractivity contribution in [2.24, 2.45) is 0 Å². The monoisotopic (exact) mass is 458 g/mol. The Bertz CT molecular complexity index is 1050. The summed E-state index contributed by atoms with van der Waals surface area (Å²) < 4.78 is 7.55. The molecule has 0 spiro atoms. The number of benzene rings is 2. The van der Waals surface area contributed by atoms with Gasteiger partial charge in [-0.05, 0) is 36.8 Å². The van der Waals surface area contributed by atoms with Gasteiger partial charge in [-0.2, -0.15) is 5.10 Å². The number of fused-ring (bicyclic) bond motifs is 1. The van der Waals surface area contributed by atoms with Crippen molar-refractivity contribution < 1.29 is 9.53 Å². The molecule has 1 aliphatic carbocycles. The Morgan fingerprint density at radius 1 is 1.06 bits per heavy atom. The van der Waals surface area contributed by atoms with Gasteiger partial charge in [0.05, 0.1) is 19.3 Å². The van der Waals surface area contributed by atoms with Crippen LogP contribution in [0.15, 0.2) is 60.7 Å². The van der Waals surface area contributed by atoms with E-state index < -0.39 is 0 Å². The fourth-order valence-electron chi connectivity index (χ4n) is 5.23. The molecule has 34 heavy (non-hydrogen) atoms. The molecule has 1 atom stereocenters. The first-order chi connectivity index (χ1) is 16.7. The van der Waals surface area contributed by atoms with E-state index in [0.29, 0.717) is 32.0 Å². The maximum Gasteiger partial charge on any atom is 0.274 e. The zero-order valence-electron chi connectivity index (χ0n) is 20.0. The summed E-state index contributed by atoms with van der Waals surface area (Å²) in [5.74, 6) is 0.0534.